The van der Waals surface area contributed by atoms with E-state index in [1.54, 1.807) is 0 Å². The average Bonchev–Trinajstić information content (AvgIpc) is 1.85. The highest BCUT2D eigenvalue weighted by Gasteiger charge is 2.00. The number of likely N-dealkylation sites (N-methyl/N-ethyl adjacent to an activating group) is 1. The molecule has 0 spiro atoms. The van der Waals surface area contributed by atoms with E-state index in [2.05, 4.69) is 40.2 Å². The van der Waals surface area contributed by atoms with Gasteiger partial charge in [0.25, 0.3) is 0 Å². The second kappa shape index (κ2) is 5.36. The Morgan fingerprint density at radius 1 is 1.09 bits per heavy atom. The summed E-state index contributed by atoms with van der Waals surface area (Å²) in [6.07, 6.45) is 8.46. The summed E-state index contributed by atoms with van der Waals surface area (Å²) in [5.41, 5.74) is 0. The van der Waals surface area contributed by atoms with Crippen LogP contribution in [0.1, 0.15) is 26.2 Å². The van der Waals surface area contributed by atoms with E-state index < -0.39 is 0 Å². The lowest BCUT2D eigenvalue weighted by Crippen LogP contribution is -2.34. The number of hydrogen-bond acceptors (Lipinski definition) is 0. The van der Waals surface area contributed by atoms with Gasteiger partial charge in [-0.05, 0) is 12.5 Å². The van der Waals surface area contributed by atoms with Crippen molar-refractivity contribution in [1.82, 2.24) is 0 Å². The van der Waals surface area contributed by atoms with Crippen molar-refractivity contribution in [2.75, 3.05) is 27.7 Å². The van der Waals surface area contributed by atoms with Gasteiger partial charge in [-0.15, -0.1) is 0 Å². The minimum atomic E-state index is 1.03. The fourth-order valence-corrected chi connectivity index (χ4v) is 0.831. The van der Waals surface area contributed by atoms with Crippen LogP contribution in [0.25, 0.3) is 0 Å². The Kier molecular flexibility index (Phi) is 5.22. The van der Waals surface area contributed by atoms with Gasteiger partial charge in [0.2, 0.25) is 0 Å². The van der Waals surface area contributed by atoms with Crippen LogP contribution in [0.3, 0.4) is 0 Å². The lowest BCUT2D eigenvalue weighted by molar-refractivity contribution is -0.864. The number of rotatable bonds is 5. The van der Waals surface area contributed by atoms with E-state index in [0.29, 0.717) is 0 Å². The summed E-state index contributed by atoms with van der Waals surface area (Å²) >= 11 is 0. The molecule has 1 nitrogen and oxygen atoms in total. The summed E-state index contributed by atoms with van der Waals surface area (Å²) < 4.78 is 1.03. The van der Waals surface area contributed by atoms with E-state index in [4.69, 9.17) is 0 Å². The molecule has 0 heterocycles. The van der Waals surface area contributed by atoms with Crippen molar-refractivity contribution in [3.05, 3.63) is 12.2 Å². The van der Waals surface area contributed by atoms with Crippen molar-refractivity contribution in [1.29, 1.82) is 0 Å². The first-order valence-electron chi connectivity index (χ1n) is 4.51. The topological polar surface area (TPSA) is 0 Å². The van der Waals surface area contributed by atoms with Crippen LogP contribution in [0.2, 0.25) is 0 Å². The molecular weight excluding hydrogens is 134 g/mol. The third-order valence-electron chi connectivity index (χ3n) is 1.54. The number of nitrogens with zero attached hydrogens (tertiary/aromatic N) is 1. The molecule has 0 aliphatic carbocycles. The van der Waals surface area contributed by atoms with Crippen molar-refractivity contribution < 1.29 is 4.48 Å². The van der Waals surface area contributed by atoms with Crippen LogP contribution < -0.4 is 0 Å². The second-order valence-electron chi connectivity index (χ2n) is 4.09. The Hall–Kier alpha value is -0.300. The van der Waals surface area contributed by atoms with Crippen LogP contribution in [0.15, 0.2) is 12.2 Å². The van der Waals surface area contributed by atoms with E-state index in [1.165, 1.54) is 19.3 Å². The summed E-state index contributed by atoms with van der Waals surface area (Å²) in [5.74, 6) is 0. The molecule has 0 aromatic rings. The molecule has 0 rings (SSSR count). The minimum Gasteiger partial charge on any atom is -0.328 e. The lowest BCUT2D eigenvalue weighted by Gasteiger charge is -2.21. The maximum atomic E-state index is 2.30. The smallest absolute Gasteiger partial charge is 0.0967 e. The van der Waals surface area contributed by atoms with Gasteiger partial charge in [0.05, 0.1) is 27.7 Å². The van der Waals surface area contributed by atoms with Gasteiger partial charge in [-0.25, -0.2) is 0 Å². The Morgan fingerprint density at radius 2 is 1.73 bits per heavy atom. The zero-order valence-corrected chi connectivity index (χ0v) is 8.43. The van der Waals surface area contributed by atoms with Crippen LogP contribution in [0.5, 0.6) is 0 Å². The molecule has 0 aliphatic heterocycles. The molecule has 0 saturated heterocycles. The van der Waals surface area contributed by atoms with Gasteiger partial charge in [0, 0.05) is 0 Å². The maximum absolute atomic E-state index is 2.30. The van der Waals surface area contributed by atoms with Crippen molar-refractivity contribution in [2.24, 2.45) is 0 Å². The first kappa shape index (κ1) is 10.7. The van der Waals surface area contributed by atoms with Crippen LogP contribution in [0, 0.1) is 0 Å². The molecule has 0 unspecified atom stereocenters. The van der Waals surface area contributed by atoms with Gasteiger partial charge in [0.1, 0.15) is 0 Å². The summed E-state index contributed by atoms with van der Waals surface area (Å²) in [5, 5.41) is 0. The van der Waals surface area contributed by atoms with E-state index in [0.717, 1.165) is 11.0 Å². The van der Waals surface area contributed by atoms with Crippen LogP contribution >= 0.6 is 0 Å². The largest absolute Gasteiger partial charge is 0.328 e. The average molecular weight is 156 g/mol. The molecular formula is C10H22N+. The Bertz CT molecular complexity index is 109. The SMILES string of the molecule is CCCCC=CC[N+](C)(C)C. The molecule has 0 radical (unpaired) electrons. The molecule has 0 atom stereocenters. The van der Waals surface area contributed by atoms with Crippen LogP contribution in [-0.2, 0) is 0 Å². The third-order valence-corrected chi connectivity index (χ3v) is 1.54. The normalized spacial score (nSPS) is 12.7. The quantitative estimate of drug-likeness (QED) is 0.326. The molecule has 0 amide bonds. The monoisotopic (exact) mass is 156 g/mol. The molecule has 66 valence electrons. The van der Waals surface area contributed by atoms with Gasteiger partial charge < -0.3 is 4.48 Å². The summed E-state index contributed by atoms with van der Waals surface area (Å²) in [4.78, 5) is 0. The molecule has 0 aromatic carbocycles. The summed E-state index contributed by atoms with van der Waals surface area (Å²) in [6.45, 7) is 3.37. The number of quaternary nitrogens is 1. The molecule has 11 heavy (non-hydrogen) atoms. The highest BCUT2D eigenvalue weighted by Crippen LogP contribution is 1.96. The predicted molar refractivity (Wildman–Crippen MR) is 51.6 cm³/mol. The third kappa shape index (κ3) is 9.70. The fraction of sp³-hybridized carbons (Fsp3) is 0.800. The molecule has 0 aliphatic rings. The van der Waals surface area contributed by atoms with Crippen molar-refractivity contribution in [3.63, 3.8) is 0 Å². The minimum absolute atomic E-state index is 1.03. The second-order valence-corrected chi connectivity index (χ2v) is 4.09. The fourth-order valence-electron chi connectivity index (χ4n) is 0.831. The van der Waals surface area contributed by atoms with Crippen molar-refractivity contribution >= 4 is 0 Å². The van der Waals surface area contributed by atoms with Crippen LogP contribution in [0.4, 0.5) is 0 Å². The van der Waals surface area contributed by atoms with Gasteiger partial charge in [-0.3, -0.25) is 0 Å². The summed E-state index contributed by atoms with van der Waals surface area (Å²) in [7, 11) is 6.64. The van der Waals surface area contributed by atoms with Crippen LogP contribution in [-0.4, -0.2) is 32.2 Å². The Balaban J connectivity index is 3.30. The van der Waals surface area contributed by atoms with Gasteiger partial charge in [0.15, 0.2) is 0 Å². The van der Waals surface area contributed by atoms with E-state index in [-0.39, 0.29) is 0 Å². The van der Waals surface area contributed by atoms with E-state index in [9.17, 15) is 0 Å². The van der Waals surface area contributed by atoms with E-state index in [1.807, 2.05) is 0 Å². The zero-order valence-electron chi connectivity index (χ0n) is 8.43. The molecule has 0 saturated carbocycles. The summed E-state index contributed by atoms with van der Waals surface area (Å²) in [6, 6.07) is 0. The predicted octanol–water partition coefficient (Wildman–Crippen LogP) is 2.44. The van der Waals surface area contributed by atoms with E-state index >= 15 is 0 Å². The molecule has 0 aromatic heterocycles. The van der Waals surface area contributed by atoms with Crippen molar-refractivity contribution in [2.45, 2.75) is 26.2 Å². The molecule has 1 heteroatoms. The van der Waals surface area contributed by atoms with Gasteiger partial charge in [-0.1, -0.05) is 25.8 Å². The standard InChI is InChI=1S/C10H22N/c1-5-6-7-8-9-10-11(2,3)4/h8-9H,5-7,10H2,1-4H3/q+1. The first-order valence-corrected chi connectivity index (χ1v) is 4.51. The number of unbranched alkanes of at least 4 members (excludes halogenated alkanes) is 2. The molecule has 0 fully saturated rings. The number of hydrogen-bond donors (Lipinski definition) is 0. The number of allylic oxidation sites excluding steroid dienone is 1. The highest BCUT2D eigenvalue weighted by molar-refractivity contribution is 4.80. The maximum Gasteiger partial charge on any atom is 0.0967 e. The Labute approximate surface area is 71.3 Å². The highest BCUT2D eigenvalue weighted by atomic mass is 15.3. The van der Waals surface area contributed by atoms with Crippen molar-refractivity contribution in [3.8, 4) is 0 Å². The molecule has 0 N–H and O–H groups in total. The zero-order chi connectivity index (χ0) is 8.74. The Morgan fingerprint density at radius 3 is 2.18 bits per heavy atom. The van der Waals surface area contributed by atoms with Gasteiger partial charge in [-0.2, -0.15) is 0 Å². The van der Waals surface area contributed by atoms with Gasteiger partial charge >= 0.3 is 0 Å². The molecule has 0 bridgehead atoms. The lowest BCUT2D eigenvalue weighted by atomic mass is 10.2. The first-order chi connectivity index (χ1) is 5.06.